The van der Waals surface area contributed by atoms with Gasteiger partial charge in [-0.3, -0.25) is 0 Å². The Morgan fingerprint density at radius 3 is 1.70 bits per heavy atom. The molecule has 0 bridgehead atoms. The number of aromatic hydroxyl groups is 3. The second-order valence-corrected chi connectivity index (χ2v) is 8.35. The van der Waals surface area contributed by atoms with E-state index < -0.39 is 28.7 Å². The molecule has 0 spiro atoms. The molecule has 0 aliphatic rings. The van der Waals surface area contributed by atoms with Crippen LogP contribution in [0, 0.1) is 0 Å². The molecule has 5 aromatic rings. The van der Waals surface area contributed by atoms with Crippen LogP contribution in [0.3, 0.4) is 0 Å². The monoisotopic (exact) mass is 506 g/mol. The van der Waals surface area contributed by atoms with E-state index in [2.05, 4.69) is 15.9 Å². The van der Waals surface area contributed by atoms with Crippen molar-refractivity contribution >= 4 is 37.9 Å². The van der Waals surface area contributed by atoms with Crippen molar-refractivity contribution in [2.45, 2.75) is 5.92 Å². The van der Waals surface area contributed by atoms with E-state index in [4.69, 9.17) is 8.83 Å². The van der Waals surface area contributed by atoms with Crippen molar-refractivity contribution in [3.8, 4) is 17.2 Å². The van der Waals surface area contributed by atoms with E-state index in [9.17, 15) is 24.9 Å². The molecule has 0 fully saturated rings. The Morgan fingerprint density at radius 2 is 1.18 bits per heavy atom. The molecule has 33 heavy (non-hydrogen) atoms. The van der Waals surface area contributed by atoms with Crippen LogP contribution >= 0.6 is 15.9 Å². The summed E-state index contributed by atoms with van der Waals surface area (Å²) in [6, 6.07) is 17.2. The third-order valence-corrected chi connectivity index (χ3v) is 6.01. The van der Waals surface area contributed by atoms with Gasteiger partial charge < -0.3 is 24.2 Å². The molecule has 164 valence electrons. The minimum atomic E-state index is -1.40. The predicted molar refractivity (Wildman–Crippen MR) is 125 cm³/mol. The fourth-order valence-electron chi connectivity index (χ4n) is 4.02. The fraction of sp³-hybridized carbons (Fsp3) is 0.0400. The molecule has 8 heteroatoms. The van der Waals surface area contributed by atoms with Crippen LogP contribution < -0.4 is 11.3 Å². The van der Waals surface area contributed by atoms with Crippen molar-refractivity contribution in [1.29, 1.82) is 0 Å². The highest BCUT2D eigenvalue weighted by Gasteiger charge is 2.34. The van der Waals surface area contributed by atoms with Crippen molar-refractivity contribution in [1.82, 2.24) is 0 Å². The van der Waals surface area contributed by atoms with Gasteiger partial charge in [0.15, 0.2) is 0 Å². The molecule has 0 unspecified atom stereocenters. The minimum absolute atomic E-state index is 0.0835. The Hall–Kier alpha value is -4.04. The average Bonchev–Trinajstić information content (AvgIpc) is 2.79. The number of para-hydroxylation sites is 2. The highest BCUT2D eigenvalue weighted by molar-refractivity contribution is 9.10. The van der Waals surface area contributed by atoms with Crippen LogP contribution in [0.4, 0.5) is 0 Å². The summed E-state index contributed by atoms with van der Waals surface area (Å²) >= 11 is 3.32. The Morgan fingerprint density at radius 1 is 0.697 bits per heavy atom. The van der Waals surface area contributed by atoms with Gasteiger partial charge in [0.05, 0.1) is 27.8 Å². The van der Waals surface area contributed by atoms with Crippen LogP contribution in [-0.2, 0) is 0 Å². The van der Waals surface area contributed by atoms with E-state index in [1.807, 2.05) is 0 Å². The van der Waals surface area contributed by atoms with Gasteiger partial charge in [-0.25, -0.2) is 9.59 Å². The van der Waals surface area contributed by atoms with Crippen LogP contribution in [0.15, 0.2) is 89.6 Å². The molecule has 0 radical (unpaired) electrons. The predicted octanol–water partition coefficient (Wildman–Crippen LogP) is 4.96. The van der Waals surface area contributed by atoms with Gasteiger partial charge in [0, 0.05) is 10.0 Å². The van der Waals surface area contributed by atoms with Crippen LogP contribution in [0.2, 0.25) is 0 Å². The maximum atomic E-state index is 13.1. The van der Waals surface area contributed by atoms with Crippen LogP contribution in [0.5, 0.6) is 17.2 Å². The molecule has 0 aliphatic heterocycles. The van der Waals surface area contributed by atoms with E-state index in [1.165, 1.54) is 24.3 Å². The first-order valence-corrected chi connectivity index (χ1v) is 10.6. The zero-order valence-electron chi connectivity index (χ0n) is 16.8. The normalized spacial score (nSPS) is 11.5. The van der Waals surface area contributed by atoms with Gasteiger partial charge in [0.1, 0.15) is 28.4 Å². The first kappa shape index (κ1) is 20.8. The molecule has 0 saturated carbocycles. The second kappa shape index (κ2) is 7.83. The van der Waals surface area contributed by atoms with Gasteiger partial charge >= 0.3 is 11.3 Å². The third kappa shape index (κ3) is 3.35. The molecule has 0 atom stereocenters. The highest BCUT2D eigenvalue weighted by atomic mass is 79.9. The number of halogens is 1. The Kier molecular flexibility index (Phi) is 4.94. The maximum absolute atomic E-state index is 13.1. The van der Waals surface area contributed by atoms with Crippen molar-refractivity contribution in [3.63, 3.8) is 0 Å². The van der Waals surface area contributed by atoms with Gasteiger partial charge in [-0.2, -0.15) is 0 Å². The number of phenols is 1. The van der Waals surface area contributed by atoms with E-state index in [0.717, 1.165) is 0 Å². The molecule has 2 heterocycles. The highest BCUT2D eigenvalue weighted by Crippen LogP contribution is 2.44. The summed E-state index contributed by atoms with van der Waals surface area (Å²) in [5.41, 5.74) is -2.11. The molecule has 2 aromatic heterocycles. The smallest absolute Gasteiger partial charge is 0.344 e. The lowest BCUT2D eigenvalue weighted by molar-refractivity contribution is 0.435. The maximum Gasteiger partial charge on any atom is 0.344 e. The molecule has 7 nitrogen and oxygen atoms in total. The van der Waals surface area contributed by atoms with E-state index >= 15 is 0 Å². The molecular formula is C25H15BrO7. The van der Waals surface area contributed by atoms with Gasteiger partial charge in [-0.15, -0.1) is 0 Å². The molecule has 0 amide bonds. The lowest BCUT2D eigenvalue weighted by atomic mass is 9.84. The topological polar surface area (TPSA) is 121 Å². The molecule has 3 aromatic carbocycles. The van der Waals surface area contributed by atoms with Gasteiger partial charge in [0.25, 0.3) is 0 Å². The first-order valence-electron chi connectivity index (χ1n) is 9.84. The van der Waals surface area contributed by atoms with E-state index in [-0.39, 0.29) is 44.4 Å². The zero-order chi connectivity index (χ0) is 23.3. The summed E-state index contributed by atoms with van der Waals surface area (Å²) in [5, 5.41) is 33.4. The number of hydrogen-bond acceptors (Lipinski definition) is 7. The fourth-order valence-corrected chi connectivity index (χ4v) is 4.40. The van der Waals surface area contributed by atoms with E-state index in [1.54, 1.807) is 42.5 Å². The van der Waals surface area contributed by atoms with Gasteiger partial charge in [-0.05, 0) is 42.5 Å². The summed E-state index contributed by atoms with van der Waals surface area (Å²) in [7, 11) is 0. The van der Waals surface area contributed by atoms with Crippen molar-refractivity contribution < 1.29 is 24.2 Å². The van der Waals surface area contributed by atoms with Crippen LogP contribution in [-0.4, -0.2) is 15.3 Å². The Bertz CT molecular complexity index is 1570. The second-order valence-electron chi connectivity index (χ2n) is 7.43. The summed E-state index contributed by atoms with van der Waals surface area (Å²) in [5.74, 6) is -2.53. The van der Waals surface area contributed by atoms with E-state index in [0.29, 0.717) is 4.47 Å². The minimum Gasteiger partial charge on any atom is -0.508 e. The standard InChI is InChI=1S/C25H15BrO7/c26-12-9-10-16(27)15(11-12)19(20-22(28)13-5-1-3-7-17(13)32-24(20)30)21-23(29)14-6-2-4-8-18(14)33-25(21)31/h1-11,19,27-29H. The van der Waals surface area contributed by atoms with Crippen molar-refractivity contribution in [2.24, 2.45) is 0 Å². The lowest BCUT2D eigenvalue weighted by Crippen LogP contribution is -2.21. The molecule has 5 rings (SSSR count). The number of fused-ring (bicyclic) bond motifs is 2. The molecule has 0 aliphatic carbocycles. The summed E-state index contributed by atoms with van der Waals surface area (Å²) in [6.07, 6.45) is 0. The number of phenolic OH excluding ortho intramolecular Hbond substituents is 1. The quantitative estimate of drug-likeness (QED) is 0.295. The van der Waals surface area contributed by atoms with Crippen LogP contribution in [0.1, 0.15) is 22.6 Å². The SMILES string of the molecule is O=c1oc2ccccc2c(O)c1C(c1cc(Br)ccc1O)c1c(O)c2ccccc2oc1=O. The zero-order valence-corrected chi connectivity index (χ0v) is 18.4. The largest absolute Gasteiger partial charge is 0.508 e. The summed E-state index contributed by atoms with van der Waals surface area (Å²) in [6.45, 7) is 0. The average molecular weight is 507 g/mol. The number of benzene rings is 3. The number of rotatable bonds is 3. The van der Waals surface area contributed by atoms with Crippen molar-refractivity contribution in [2.75, 3.05) is 0 Å². The molecule has 3 N–H and O–H groups in total. The molecular weight excluding hydrogens is 492 g/mol. The van der Waals surface area contributed by atoms with Gasteiger partial charge in [-0.1, -0.05) is 40.2 Å². The summed E-state index contributed by atoms with van der Waals surface area (Å²) < 4.78 is 11.4. The van der Waals surface area contributed by atoms with Gasteiger partial charge in [0.2, 0.25) is 0 Å². The number of hydrogen-bond donors (Lipinski definition) is 3. The van der Waals surface area contributed by atoms with Crippen molar-refractivity contribution in [3.05, 3.63) is 109 Å². The molecule has 0 saturated heterocycles. The lowest BCUT2D eigenvalue weighted by Gasteiger charge is -2.20. The Labute approximate surface area is 193 Å². The first-order chi connectivity index (χ1) is 15.9. The summed E-state index contributed by atoms with van der Waals surface area (Å²) in [4.78, 5) is 26.2. The Balaban J connectivity index is 1.95. The van der Waals surface area contributed by atoms with Crippen LogP contribution in [0.25, 0.3) is 21.9 Å². The third-order valence-electron chi connectivity index (χ3n) is 5.52.